The molecule has 0 atom stereocenters. The average molecular weight is 368 g/mol. The smallest absolute Gasteiger partial charge is 0.276 e. The highest BCUT2D eigenvalue weighted by Crippen LogP contribution is 2.19. The lowest BCUT2D eigenvalue weighted by molar-refractivity contribution is 0.0943. The molecule has 6 heteroatoms. The summed E-state index contributed by atoms with van der Waals surface area (Å²) in [6.45, 7) is 4.04. The second-order valence-electron chi connectivity index (χ2n) is 5.97. The molecule has 0 spiro atoms. The van der Waals surface area contributed by atoms with Gasteiger partial charge in [0.25, 0.3) is 5.91 Å². The number of halogens is 1. The number of hydrogen-bond donors (Lipinski definition) is 1. The number of aryl methyl sites for hydroxylation is 2. The van der Waals surface area contributed by atoms with Crippen molar-refractivity contribution in [1.82, 2.24) is 15.1 Å². The Labute approximate surface area is 156 Å². The molecule has 3 rings (SSSR count). The zero-order valence-corrected chi connectivity index (χ0v) is 15.2. The normalized spacial score (nSPS) is 10.6. The second kappa shape index (κ2) is 7.54. The molecule has 1 amide bonds. The number of nitrogens with one attached hydrogen (secondary N) is 1. The number of hydrogen-bond acceptors (Lipinski definition) is 3. The van der Waals surface area contributed by atoms with Crippen LogP contribution < -0.4 is 10.7 Å². The summed E-state index contributed by atoms with van der Waals surface area (Å²) in [5.41, 5.74) is 2.67. The van der Waals surface area contributed by atoms with Crippen LogP contribution >= 0.6 is 11.6 Å². The summed E-state index contributed by atoms with van der Waals surface area (Å²) in [4.78, 5) is 24.8. The molecule has 5 nitrogen and oxygen atoms in total. The zero-order chi connectivity index (χ0) is 18.7. The summed E-state index contributed by atoms with van der Waals surface area (Å²) >= 11 is 6.22. The average Bonchev–Trinajstić information content (AvgIpc) is 2.62. The first-order chi connectivity index (χ1) is 12.5. The summed E-state index contributed by atoms with van der Waals surface area (Å²) < 4.78 is 1.51. The highest BCUT2D eigenvalue weighted by atomic mass is 35.5. The highest BCUT2D eigenvalue weighted by molar-refractivity contribution is 6.32. The molecule has 0 radical (unpaired) electrons. The Balaban J connectivity index is 1.91. The molecule has 1 aromatic heterocycles. The van der Waals surface area contributed by atoms with Gasteiger partial charge in [-0.1, -0.05) is 48.0 Å². The minimum atomic E-state index is -0.515. The molecule has 2 aromatic carbocycles. The highest BCUT2D eigenvalue weighted by Gasteiger charge is 2.16. The van der Waals surface area contributed by atoms with Crippen LogP contribution in [0.3, 0.4) is 0 Å². The number of benzene rings is 2. The number of aromatic nitrogens is 2. The van der Waals surface area contributed by atoms with Crippen LogP contribution in [-0.2, 0) is 6.54 Å². The van der Waals surface area contributed by atoms with Crippen molar-refractivity contribution in [3.63, 3.8) is 0 Å². The fourth-order valence-electron chi connectivity index (χ4n) is 2.64. The third kappa shape index (κ3) is 3.68. The Kier molecular flexibility index (Phi) is 5.19. The van der Waals surface area contributed by atoms with Crippen LogP contribution in [0.15, 0.2) is 59.4 Å². The van der Waals surface area contributed by atoms with E-state index in [0.29, 0.717) is 22.9 Å². The summed E-state index contributed by atoms with van der Waals surface area (Å²) in [5, 5.41) is 7.49. The third-order valence-corrected chi connectivity index (χ3v) is 4.42. The molecule has 0 saturated heterocycles. The van der Waals surface area contributed by atoms with Crippen LogP contribution in [0.4, 0.5) is 0 Å². The van der Waals surface area contributed by atoms with Crippen molar-refractivity contribution < 1.29 is 4.79 Å². The van der Waals surface area contributed by atoms with Crippen LogP contribution in [-0.4, -0.2) is 15.7 Å². The molecule has 132 valence electrons. The Bertz CT molecular complexity index is 1030. The maximum absolute atomic E-state index is 12.5. The van der Waals surface area contributed by atoms with E-state index in [1.54, 1.807) is 25.1 Å². The molecule has 0 aliphatic carbocycles. The van der Waals surface area contributed by atoms with Crippen LogP contribution in [0.5, 0.6) is 0 Å². The largest absolute Gasteiger partial charge is 0.346 e. The van der Waals surface area contributed by atoms with E-state index in [4.69, 9.17) is 11.6 Å². The standard InChI is InChI=1S/C20H18ClN3O2/c1-13-7-3-4-8-15(13)12-22-20(26)19-18(25)11-14(2)24(23-19)17-10-6-5-9-16(17)21/h3-11H,12H2,1-2H3,(H,22,26). The molecule has 0 saturated carbocycles. The van der Waals surface area contributed by atoms with E-state index in [-0.39, 0.29) is 5.69 Å². The first-order valence-corrected chi connectivity index (χ1v) is 8.54. The minimum absolute atomic E-state index is 0.163. The summed E-state index contributed by atoms with van der Waals surface area (Å²) in [6.07, 6.45) is 0. The number of rotatable bonds is 4. The fraction of sp³-hybridized carbons (Fsp3) is 0.150. The molecule has 0 aliphatic rings. The quantitative estimate of drug-likeness (QED) is 0.768. The lowest BCUT2D eigenvalue weighted by Gasteiger charge is -2.13. The van der Waals surface area contributed by atoms with E-state index in [1.807, 2.05) is 37.3 Å². The topological polar surface area (TPSA) is 64.0 Å². The van der Waals surface area contributed by atoms with Crippen LogP contribution in [0, 0.1) is 13.8 Å². The summed E-state index contributed by atoms with van der Waals surface area (Å²) in [5.74, 6) is -0.515. The van der Waals surface area contributed by atoms with E-state index in [1.165, 1.54) is 10.7 Å². The Morgan fingerprint density at radius 2 is 1.81 bits per heavy atom. The number of carbonyl (C=O) groups excluding carboxylic acids is 1. The van der Waals surface area contributed by atoms with E-state index < -0.39 is 11.3 Å². The van der Waals surface area contributed by atoms with Gasteiger partial charge in [0.15, 0.2) is 5.69 Å². The van der Waals surface area contributed by atoms with Gasteiger partial charge >= 0.3 is 0 Å². The number of para-hydroxylation sites is 1. The van der Waals surface area contributed by atoms with Gasteiger partial charge in [0.2, 0.25) is 5.43 Å². The van der Waals surface area contributed by atoms with E-state index in [9.17, 15) is 9.59 Å². The van der Waals surface area contributed by atoms with Crippen molar-refractivity contribution in [3.8, 4) is 5.69 Å². The summed E-state index contributed by atoms with van der Waals surface area (Å²) in [6, 6.07) is 16.3. The Morgan fingerprint density at radius 3 is 2.54 bits per heavy atom. The van der Waals surface area contributed by atoms with Gasteiger partial charge in [-0.2, -0.15) is 5.10 Å². The summed E-state index contributed by atoms with van der Waals surface area (Å²) in [7, 11) is 0. The van der Waals surface area contributed by atoms with E-state index in [2.05, 4.69) is 10.4 Å². The van der Waals surface area contributed by atoms with Crippen molar-refractivity contribution in [2.24, 2.45) is 0 Å². The molecule has 0 unspecified atom stereocenters. The lowest BCUT2D eigenvalue weighted by atomic mass is 10.1. The fourth-order valence-corrected chi connectivity index (χ4v) is 2.86. The maximum Gasteiger partial charge on any atom is 0.276 e. The third-order valence-electron chi connectivity index (χ3n) is 4.10. The van der Waals surface area contributed by atoms with Gasteiger partial charge in [0.1, 0.15) is 0 Å². The number of amides is 1. The van der Waals surface area contributed by atoms with Crippen molar-refractivity contribution in [2.75, 3.05) is 0 Å². The van der Waals surface area contributed by atoms with Crippen LogP contribution in [0.1, 0.15) is 27.3 Å². The molecule has 26 heavy (non-hydrogen) atoms. The van der Waals surface area contributed by atoms with Crippen LogP contribution in [0.25, 0.3) is 5.69 Å². The predicted octanol–water partition coefficient (Wildman–Crippen LogP) is 3.43. The maximum atomic E-state index is 12.5. The van der Waals surface area contributed by atoms with Gasteiger partial charge in [-0.3, -0.25) is 9.59 Å². The minimum Gasteiger partial charge on any atom is -0.346 e. The van der Waals surface area contributed by atoms with Crippen molar-refractivity contribution in [2.45, 2.75) is 20.4 Å². The second-order valence-corrected chi connectivity index (χ2v) is 6.38. The van der Waals surface area contributed by atoms with Gasteiger partial charge in [0, 0.05) is 18.3 Å². The first kappa shape index (κ1) is 17.9. The van der Waals surface area contributed by atoms with Gasteiger partial charge in [0.05, 0.1) is 10.7 Å². The number of carbonyl (C=O) groups is 1. The molecule has 1 N–H and O–H groups in total. The molecule has 3 aromatic rings. The first-order valence-electron chi connectivity index (χ1n) is 8.16. The van der Waals surface area contributed by atoms with Crippen molar-refractivity contribution >= 4 is 17.5 Å². The van der Waals surface area contributed by atoms with E-state index >= 15 is 0 Å². The van der Waals surface area contributed by atoms with Gasteiger partial charge in [-0.05, 0) is 37.1 Å². The van der Waals surface area contributed by atoms with Crippen molar-refractivity contribution in [3.05, 3.63) is 92.4 Å². The monoisotopic (exact) mass is 367 g/mol. The van der Waals surface area contributed by atoms with Gasteiger partial charge in [-0.25, -0.2) is 4.68 Å². The van der Waals surface area contributed by atoms with Crippen molar-refractivity contribution in [1.29, 1.82) is 0 Å². The molecular weight excluding hydrogens is 350 g/mol. The molecule has 1 heterocycles. The predicted molar refractivity (Wildman–Crippen MR) is 102 cm³/mol. The molecule has 0 bridgehead atoms. The lowest BCUT2D eigenvalue weighted by Crippen LogP contribution is -2.31. The Morgan fingerprint density at radius 1 is 1.12 bits per heavy atom. The zero-order valence-electron chi connectivity index (χ0n) is 14.5. The van der Waals surface area contributed by atoms with E-state index in [0.717, 1.165) is 11.1 Å². The molecular formula is C20H18ClN3O2. The Hall–Kier alpha value is -2.92. The SMILES string of the molecule is Cc1ccccc1CNC(=O)c1nn(-c2ccccc2Cl)c(C)cc1=O. The molecule has 0 fully saturated rings. The van der Waals surface area contributed by atoms with Gasteiger partial charge in [-0.15, -0.1) is 0 Å². The van der Waals surface area contributed by atoms with Gasteiger partial charge < -0.3 is 5.32 Å². The van der Waals surface area contributed by atoms with Crippen LogP contribution in [0.2, 0.25) is 5.02 Å². The molecule has 0 aliphatic heterocycles. The number of nitrogens with zero attached hydrogens (tertiary/aromatic N) is 2.